The van der Waals surface area contributed by atoms with Gasteiger partial charge in [-0.3, -0.25) is 9.53 Å². The van der Waals surface area contributed by atoms with Crippen molar-refractivity contribution in [2.75, 3.05) is 7.11 Å². The van der Waals surface area contributed by atoms with Gasteiger partial charge in [0.15, 0.2) is 5.43 Å². The summed E-state index contributed by atoms with van der Waals surface area (Å²) in [6.45, 7) is 0. The van der Waals surface area contributed by atoms with Crippen molar-refractivity contribution in [1.29, 1.82) is 0 Å². The van der Waals surface area contributed by atoms with Crippen molar-refractivity contribution < 1.29 is 59.2 Å². The van der Waals surface area contributed by atoms with Crippen molar-refractivity contribution in [2.24, 2.45) is 0 Å². The topological polar surface area (TPSA) is 217 Å². The highest BCUT2D eigenvalue weighted by molar-refractivity contribution is 5.80. The molecule has 0 radical (unpaired) electrons. The van der Waals surface area contributed by atoms with E-state index in [9.17, 15) is 45.3 Å². The second kappa shape index (κ2) is 8.08. The molecule has 1 fully saturated rings. The van der Waals surface area contributed by atoms with Crippen LogP contribution < -0.4 is 10.2 Å². The van der Waals surface area contributed by atoms with Crippen LogP contribution in [0, 0.1) is 0 Å². The number of carbonyl (C=O) groups is 1. The first kappa shape index (κ1) is 24.7. The molecule has 4 rings (SSSR count). The molecule has 1 aliphatic rings. The van der Waals surface area contributed by atoms with Gasteiger partial charge in [-0.1, -0.05) is 30.3 Å². The number of aliphatic hydroxyl groups is 7. The molecule has 2 atom stereocenters. The lowest BCUT2D eigenvalue weighted by molar-refractivity contribution is -0.589. The molecule has 0 spiro atoms. The number of hydrogen-bond acceptors (Lipinski definition) is 13. The van der Waals surface area contributed by atoms with Gasteiger partial charge in [-0.05, 0) is 12.1 Å². The lowest BCUT2D eigenvalue weighted by Gasteiger charge is -2.54. The molecule has 3 aromatic rings. The van der Waals surface area contributed by atoms with Gasteiger partial charge >= 0.3 is 17.7 Å². The van der Waals surface area contributed by atoms with Gasteiger partial charge in [-0.25, -0.2) is 4.79 Å². The highest BCUT2D eigenvalue weighted by Crippen LogP contribution is 2.46. The maximum Gasteiger partial charge on any atom is 0.389 e. The van der Waals surface area contributed by atoms with Gasteiger partial charge < -0.3 is 49.6 Å². The molecule has 0 unspecified atom stereocenters. The van der Waals surface area contributed by atoms with Crippen LogP contribution in [0.25, 0.3) is 22.3 Å². The normalized spacial score (nSPS) is 24.6. The molecular weight excluding hydrogens is 472 g/mol. The maximum atomic E-state index is 12.5. The van der Waals surface area contributed by atoms with E-state index in [1.165, 1.54) is 12.1 Å². The summed E-state index contributed by atoms with van der Waals surface area (Å²) < 4.78 is 19.7. The zero-order valence-electron chi connectivity index (χ0n) is 17.9. The Morgan fingerprint density at radius 3 is 2.20 bits per heavy atom. The molecule has 13 heteroatoms. The van der Waals surface area contributed by atoms with Crippen LogP contribution in [0.1, 0.15) is 0 Å². The van der Waals surface area contributed by atoms with E-state index in [0.717, 1.165) is 19.2 Å². The zero-order chi connectivity index (χ0) is 25.8. The molecule has 0 amide bonds. The van der Waals surface area contributed by atoms with Crippen LogP contribution in [0.15, 0.2) is 63.8 Å². The third kappa shape index (κ3) is 3.67. The van der Waals surface area contributed by atoms with Crippen molar-refractivity contribution >= 4 is 16.9 Å². The predicted octanol–water partition coefficient (Wildman–Crippen LogP) is -1.90. The number of carbonyl (C=O) groups excluding carboxylic acids is 1. The fourth-order valence-electron chi connectivity index (χ4n) is 3.50. The first-order valence-corrected chi connectivity index (χ1v) is 9.90. The van der Waals surface area contributed by atoms with Gasteiger partial charge in [0, 0.05) is 17.7 Å². The number of esters is 1. The second-order valence-corrected chi connectivity index (χ2v) is 7.77. The number of fused-ring (bicyclic) bond motifs is 1. The molecule has 0 aliphatic carbocycles. The Kier molecular flexibility index (Phi) is 5.71. The van der Waals surface area contributed by atoms with Crippen LogP contribution in [0.2, 0.25) is 0 Å². The average molecular weight is 492 g/mol. The molecule has 1 saturated heterocycles. The van der Waals surface area contributed by atoms with Gasteiger partial charge in [-0.2, -0.15) is 0 Å². The molecule has 1 aliphatic heterocycles. The Labute approximate surface area is 195 Å². The summed E-state index contributed by atoms with van der Waals surface area (Å²) >= 11 is 0. The highest BCUT2D eigenvalue weighted by Gasteiger charge is 2.81. The van der Waals surface area contributed by atoms with E-state index in [0.29, 0.717) is 5.56 Å². The fourth-order valence-corrected chi connectivity index (χ4v) is 3.50. The van der Waals surface area contributed by atoms with Gasteiger partial charge in [0.1, 0.15) is 17.1 Å². The molecule has 2 heterocycles. The molecule has 13 nitrogen and oxygen atoms in total. The summed E-state index contributed by atoms with van der Waals surface area (Å²) in [6, 6.07) is 13.1. The standard InChI is InChI=1S/C22H20O13/c1-32-18(24)17-19(25,26)20(27,28)21(29,30)22(31,35-17)34-12-7-8-13-14(23)10-15(33-16(13)9-12)11-5-3-2-4-6-11/h2-10,17,25-31H,1H3/t17-,22-/m1/s1. The number of methoxy groups -OCH3 is 1. The molecule has 35 heavy (non-hydrogen) atoms. The summed E-state index contributed by atoms with van der Waals surface area (Å²) in [7, 11) is 0.771. The van der Waals surface area contributed by atoms with Crippen molar-refractivity contribution in [3.05, 3.63) is 64.8 Å². The number of ether oxygens (including phenoxy) is 3. The van der Waals surface area contributed by atoms with Gasteiger partial charge in [0.2, 0.25) is 6.10 Å². The molecule has 2 aromatic carbocycles. The molecule has 1 aromatic heterocycles. The Hall–Kier alpha value is -3.40. The van der Waals surface area contributed by atoms with Crippen LogP contribution in [0.4, 0.5) is 0 Å². The van der Waals surface area contributed by atoms with Crippen LogP contribution >= 0.6 is 0 Å². The monoisotopic (exact) mass is 492 g/mol. The van der Waals surface area contributed by atoms with E-state index in [1.807, 2.05) is 0 Å². The van der Waals surface area contributed by atoms with Gasteiger partial charge in [0.25, 0.3) is 11.6 Å². The van der Waals surface area contributed by atoms with E-state index in [2.05, 4.69) is 9.47 Å². The molecule has 0 bridgehead atoms. The van der Waals surface area contributed by atoms with E-state index in [1.54, 1.807) is 30.3 Å². The Balaban J connectivity index is 1.79. The maximum absolute atomic E-state index is 12.5. The smallest absolute Gasteiger partial charge is 0.389 e. The highest BCUT2D eigenvalue weighted by atomic mass is 16.9. The third-order valence-electron chi connectivity index (χ3n) is 5.51. The molecular formula is C22H20O13. The van der Waals surface area contributed by atoms with Crippen molar-refractivity contribution in [3.63, 3.8) is 0 Å². The van der Waals surface area contributed by atoms with E-state index >= 15 is 0 Å². The third-order valence-corrected chi connectivity index (χ3v) is 5.51. The van der Waals surface area contributed by atoms with Crippen molar-refractivity contribution in [1.82, 2.24) is 0 Å². The number of benzene rings is 2. The SMILES string of the molecule is COC(=O)[C@H]1O[C@](O)(Oc2ccc3c(=O)cc(-c4ccccc4)oc3c2)C(O)(O)C(O)(O)C1(O)O. The summed E-state index contributed by atoms with van der Waals surface area (Å²) in [5.41, 5.74) is 0.0336. The minimum absolute atomic E-state index is 0.0728. The Morgan fingerprint density at radius 1 is 0.914 bits per heavy atom. The van der Waals surface area contributed by atoms with Crippen LogP contribution in [0.3, 0.4) is 0 Å². The van der Waals surface area contributed by atoms with Gasteiger partial charge in [-0.15, -0.1) is 0 Å². The largest absolute Gasteiger partial charge is 0.467 e. The van der Waals surface area contributed by atoms with E-state index < -0.39 is 46.6 Å². The second-order valence-electron chi connectivity index (χ2n) is 7.77. The first-order chi connectivity index (χ1) is 16.2. The Morgan fingerprint density at radius 2 is 1.57 bits per heavy atom. The fraction of sp³-hybridized carbons (Fsp3) is 0.273. The van der Waals surface area contributed by atoms with Crippen LogP contribution in [-0.4, -0.2) is 78.3 Å². The van der Waals surface area contributed by atoms with Crippen molar-refractivity contribution in [3.8, 4) is 17.1 Å². The Bertz CT molecular complexity index is 1330. The summed E-state index contributed by atoms with van der Waals surface area (Å²) in [4.78, 5) is 24.5. The van der Waals surface area contributed by atoms with Crippen molar-refractivity contribution in [2.45, 2.75) is 29.4 Å². The van der Waals surface area contributed by atoms with E-state index in [4.69, 9.17) is 9.15 Å². The quantitative estimate of drug-likeness (QED) is 0.157. The molecule has 0 saturated carbocycles. The van der Waals surface area contributed by atoms with E-state index in [-0.39, 0.29) is 16.7 Å². The number of rotatable bonds is 4. The lowest BCUT2D eigenvalue weighted by atomic mass is 9.86. The average Bonchev–Trinajstić information content (AvgIpc) is 2.81. The number of hydrogen-bond donors (Lipinski definition) is 7. The van der Waals surface area contributed by atoms with Gasteiger partial charge in [0.05, 0.1) is 12.5 Å². The zero-order valence-corrected chi connectivity index (χ0v) is 17.9. The first-order valence-electron chi connectivity index (χ1n) is 9.90. The molecule has 186 valence electrons. The molecule has 7 N–H and O–H groups in total. The van der Waals surface area contributed by atoms with Crippen LogP contribution in [0.5, 0.6) is 5.75 Å². The summed E-state index contributed by atoms with van der Waals surface area (Å²) in [5.74, 6) is -18.7. The minimum atomic E-state index is -4.42. The predicted molar refractivity (Wildman–Crippen MR) is 112 cm³/mol. The van der Waals surface area contributed by atoms with Crippen LogP contribution in [-0.2, 0) is 14.3 Å². The minimum Gasteiger partial charge on any atom is -0.467 e. The summed E-state index contributed by atoms with van der Waals surface area (Å²) in [5, 5.41) is 71.5. The summed E-state index contributed by atoms with van der Waals surface area (Å²) in [6.07, 6.45) is -2.79. The lowest BCUT2D eigenvalue weighted by Crippen LogP contribution is -2.86.